The molecule has 0 aliphatic rings. The molecule has 0 fully saturated rings. The number of nitrogens with zero attached hydrogens (tertiary/aromatic N) is 1. The van der Waals surface area contributed by atoms with Crippen molar-refractivity contribution in [2.75, 3.05) is 31.6 Å². The van der Waals surface area contributed by atoms with Gasteiger partial charge in [0.15, 0.2) is 0 Å². The molecule has 14 heavy (non-hydrogen) atoms. The van der Waals surface area contributed by atoms with Crippen molar-refractivity contribution in [3.63, 3.8) is 0 Å². The molecular weight excluding hydrogens is 317 g/mol. The molecule has 0 aliphatic carbocycles. The summed E-state index contributed by atoms with van der Waals surface area (Å²) in [4.78, 5) is 2.15. The Morgan fingerprint density at radius 1 is 1.00 bits per heavy atom. The summed E-state index contributed by atoms with van der Waals surface area (Å²) in [5.41, 5.74) is 0. The zero-order valence-corrected chi connectivity index (χ0v) is 13.6. The average molecular weight is 341 g/mol. The molecule has 0 atom stereocenters. The zero-order chi connectivity index (χ0) is 9.98. The first-order valence-electron chi connectivity index (χ1n) is 4.16. The summed E-state index contributed by atoms with van der Waals surface area (Å²) in [6.07, 6.45) is 0. The van der Waals surface area contributed by atoms with Crippen LogP contribution in [0.4, 0.5) is 0 Å². The van der Waals surface area contributed by atoms with Gasteiger partial charge < -0.3 is 30.2 Å². The molecule has 0 heterocycles. The van der Waals surface area contributed by atoms with E-state index in [1.807, 2.05) is 7.05 Å². The van der Waals surface area contributed by atoms with E-state index < -0.39 is 0 Å². The molecule has 0 aromatic rings. The summed E-state index contributed by atoms with van der Waals surface area (Å²) in [5.74, 6) is 3.04. The monoisotopic (exact) mass is 342 g/mol. The molecule has 0 spiro atoms. The summed E-state index contributed by atoms with van der Waals surface area (Å²) in [6.45, 7) is 8.23. The zero-order valence-electron chi connectivity index (χ0n) is 9.09. The second-order valence-electron chi connectivity index (χ2n) is 3.21. The average Bonchev–Trinajstić information content (AvgIpc) is 1.87. The van der Waals surface area contributed by atoms with Gasteiger partial charge in [0.1, 0.15) is 0 Å². The predicted molar refractivity (Wildman–Crippen MR) is 74.7 cm³/mol. The van der Waals surface area contributed by atoms with Crippen molar-refractivity contribution in [2.24, 2.45) is 0 Å². The molecule has 0 N–H and O–H groups in total. The normalized spacial score (nSPS) is 8.57. The summed E-state index contributed by atoms with van der Waals surface area (Å²) in [6, 6.07) is 0. The van der Waals surface area contributed by atoms with Crippen LogP contribution in [-0.2, 0) is 25.3 Å². The van der Waals surface area contributed by atoms with Crippen LogP contribution in [0.1, 0.15) is 28.2 Å². The van der Waals surface area contributed by atoms with Gasteiger partial charge in [-0.25, -0.2) is 0 Å². The molecule has 4 heteroatoms. The van der Waals surface area contributed by atoms with Gasteiger partial charge in [0.05, 0.1) is 0 Å². The standard InChI is InChI=1S/C5H13NS2.C4H9.CH4.Sn/c1-6(2-4-7)3-5-8;1-4(2)3;;/h7-8H,2-5H2,1H3;1-3H3;1H4;/q;;;+2/p-2. The fourth-order valence-electron chi connectivity index (χ4n) is 0.423. The maximum atomic E-state index is 4.77. The van der Waals surface area contributed by atoms with Crippen molar-refractivity contribution in [3.05, 3.63) is 5.92 Å². The van der Waals surface area contributed by atoms with E-state index in [0.29, 0.717) is 0 Å². The fraction of sp³-hybridized carbons (Fsp3) is 0.900. The third-order valence-corrected chi connectivity index (χ3v) is 1.31. The van der Waals surface area contributed by atoms with Crippen molar-refractivity contribution >= 4 is 49.2 Å². The number of hydrogen-bond donors (Lipinski definition) is 0. The van der Waals surface area contributed by atoms with Crippen LogP contribution >= 0.6 is 0 Å². The van der Waals surface area contributed by atoms with E-state index in [9.17, 15) is 0 Å². The Bertz CT molecular complexity index is 73.8. The van der Waals surface area contributed by atoms with Gasteiger partial charge in [-0.2, -0.15) is 11.5 Å². The van der Waals surface area contributed by atoms with Gasteiger partial charge >= 0.3 is 23.9 Å². The summed E-state index contributed by atoms with van der Waals surface area (Å²) in [5, 5.41) is 0. The van der Waals surface area contributed by atoms with Gasteiger partial charge in [0.2, 0.25) is 0 Å². The molecule has 0 saturated heterocycles. The second-order valence-corrected chi connectivity index (χ2v) is 4.03. The molecule has 85 valence electrons. The molecule has 0 aromatic carbocycles. The topological polar surface area (TPSA) is 3.24 Å². The summed E-state index contributed by atoms with van der Waals surface area (Å²) < 4.78 is 0. The largest absolute Gasteiger partial charge is 2.00 e. The second kappa shape index (κ2) is 19.9. The van der Waals surface area contributed by atoms with Crippen molar-refractivity contribution in [1.82, 2.24) is 4.90 Å². The number of hydrogen-bond acceptors (Lipinski definition) is 3. The Morgan fingerprint density at radius 2 is 1.21 bits per heavy atom. The molecule has 0 aliphatic heterocycles. The molecule has 3 radical (unpaired) electrons. The maximum Gasteiger partial charge on any atom is 2.00 e. The first-order valence-corrected chi connectivity index (χ1v) is 5.31. The quantitative estimate of drug-likeness (QED) is 0.568. The third kappa shape index (κ3) is 37.6. The predicted octanol–water partition coefficient (Wildman–Crippen LogP) is 1.89. The van der Waals surface area contributed by atoms with Crippen molar-refractivity contribution in [1.29, 1.82) is 0 Å². The van der Waals surface area contributed by atoms with E-state index >= 15 is 0 Å². The van der Waals surface area contributed by atoms with Crippen molar-refractivity contribution < 1.29 is 0 Å². The van der Waals surface area contributed by atoms with Gasteiger partial charge in [-0.3, -0.25) is 0 Å². The van der Waals surface area contributed by atoms with Crippen LogP contribution in [0, 0.1) is 5.92 Å². The van der Waals surface area contributed by atoms with E-state index in [-0.39, 0.29) is 31.3 Å². The first-order chi connectivity index (χ1) is 5.54. The maximum absolute atomic E-state index is 4.77. The summed E-state index contributed by atoms with van der Waals surface area (Å²) in [7, 11) is 2.04. The first kappa shape index (κ1) is 24.6. The van der Waals surface area contributed by atoms with Crippen molar-refractivity contribution in [2.45, 2.75) is 28.2 Å². The fourth-order valence-corrected chi connectivity index (χ4v) is 1.05. The van der Waals surface area contributed by atoms with Gasteiger partial charge in [-0.1, -0.05) is 28.2 Å². The van der Waals surface area contributed by atoms with Gasteiger partial charge in [0.25, 0.3) is 0 Å². The molecule has 0 saturated carbocycles. The minimum atomic E-state index is 0. The Kier molecular flexibility index (Phi) is 35.1. The van der Waals surface area contributed by atoms with E-state index in [4.69, 9.17) is 25.3 Å². The van der Waals surface area contributed by atoms with E-state index in [2.05, 4.69) is 25.7 Å². The van der Waals surface area contributed by atoms with Gasteiger partial charge in [-0.05, 0) is 26.1 Å². The minimum Gasteiger partial charge on any atom is -0.791 e. The molecule has 0 bridgehead atoms. The van der Waals surface area contributed by atoms with Crippen LogP contribution in [0.25, 0.3) is 0 Å². The molecular formula is C10H24NS2Sn. The number of rotatable bonds is 4. The molecule has 0 aromatic heterocycles. The third-order valence-electron chi connectivity index (χ3n) is 0.946. The van der Waals surface area contributed by atoms with Crippen LogP contribution in [0.15, 0.2) is 0 Å². The molecule has 0 rings (SSSR count). The smallest absolute Gasteiger partial charge is 0.791 e. The van der Waals surface area contributed by atoms with Crippen LogP contribution in [-0.4, -0.2) is 60.5 Å². The van der Waals surface area contributed by atoms with Crippen molar-refractivity contribution in [3.8, 4) is 0 Å². The van der Waals surface area contributed by atoms with Crippen LogP contribution in [0.5, 0.6) is 0 Å². The van der Waals surface area contributed by atoms with Crippen LogP contribution in [0.3, 0.4) is 0 Å². The van der Waals surface area contributed by atoms with Crippen LogP contribution in [0.2, 0.25) is 0 Å². The Balaban J connectivity index is -0.0000000733. The Morgan fingerprint density at radius 3 is 1.36 bits per heavy atom. The van der Waals surface area contributed by atoms with E-state index in [1.165, 1.54) is 5.92 Å². The molecule has 0 amide bonds. The molecule has 0 unspecified atom stereocenters. The minimum absolute atomic E-state index is 0. The Hall–Kier alpha value is 1.46. The van der Waals surface area contributed by atoms with Gasteiger partial charge in [0, 0.05) is 0 Å². The summed E-state index contributed by atoms with van der Waals surface area (Å²) >= 11 is 9.53. The molecule has 1 nitrogen and oxygen atoms in total. The van der Waals surface area contributed by atoms with E-state index in [0.717, 1.165) is 24.6 Å². The van der Waals surface area contributed by atoms with Gasteiger partial charge in [-0.15, -0.1) is 0 Å². The van der Waals surface area contributed by atoms with E-state index in [1.54, 1.807) is 0 Å². The SMILES string of the molecule is C.CN(CC[S-])CC[S-].C[C](C)C.[Sn+2]. The van der Waals surface area contributed by atoms with Crippen LogP contribution < -0.4 is 0 Å². The Labute approximate surface area is 119 Å².